The van der Waals surface area contributed by atoms with Crippen molar-refractivity contribution in [2.24, 2.45) is 5.73 Å². The highest BCUT2D eigenvalue weighted by atomic mass is 19.4. The molecule has 0 bridgehead atoms. The lowest BCUT2D eigenvalue weighted by molar-refractivity contribution is -0.137. The van der Waals surface area contributed by atoms with Crippen LogP contribution in [0.5, 0.6) is 0 Å². The van der Waals surface area contributed by atoms with Crippen LogP contribution in [0.2, 0.25) is 0 Å². The summed E-state index contributed by atoms with van der Waals surface area (Å²) in [6, 6.07) is 16.8. The van der Waals surface area contributed by atoms with Gasteiger partial charge >= 0.3 is 6.18 Å². The SMILES string of the molecule is N=C(N)c1ccc2cc(C(=O)NC3CCC(NC(=O)c4ccccn4)CC3)n(Cc3ccc(C(F)(F)F)cc3)c2c1. The van der Waals surface area contributed by atoms with Gasteiger partial charge in [0.1, 0.15) is 17.2 Å². The van der Waals surface area contributed by atoms with Crippen molar-refractivity contribution in [3.8, 4) is 0 Å². The minimum absolute atomic E-state index is 0.0196. The largest absolute Gasteiger partial charge is 0.416 e. The third kappa shape index (κ3) is 6.40. The lowest BCUT2D eigenvalue weighted by Gasteiger charge is -2.29. The summed E-state index contributed by atoms with van der Waals surface area (Å²) in [5.74, 6) is -0.665. The molecule has 0 spiro atoms. The van der Waals surface area contributed by atoms with Gasteiger partial charge in [-0.15, -0.1) is 0 Å². The smallest absolute Gasteiger partial charge is 0.384 e. The summed E-state index contributed by atoms with van der Waals surface area (Å²) in [7, 11) is 0. The Morgan fingerprint density at radius 2 is 1.59 bits per heavy atom. The minimum atomic E-state index is -4.44. The van der Waals surface area contributed by atoms with Crippen LogP contribution in [0.15, 0.2) is 72.9 Å². The van der Waals surface area contributed by atoms with E-state index in [0.29, 0.717) is 53.7 Å². The van der Waals surface area contributed by atoms with Crippen LogP contribution < -0.4 is 16.4 Å². The molecule has 2 aromatic carbocycles. The number of nitrogens with two attached hydrogens (primary N) is 1. The maximum absolute atomic E-state index is 13.5. The Kier molecular flexibility index (Phi) is 7.78. The van der Waals surface area contributed by atoms with Gasteiger partial charge in [0.25, 0.3) is 11.8 Å². The van der Waals surface area contributed by atoms with Gasteiger partial charge < -0.3 is 20.9 Å². The fraction of sp³-hybridized carbons (Fsp3) is 0.267. The van der Waals surface area contributed by atoms with Crippen LogP contribution in [-0.4, -0.2) is 39.3 Å². The van der Waals surface area contributed by atoms with Crippen LogP contribution in [0.4, 0.5) is 13.2 Å². The van der Waals surface area contributed by atoms with E-state index in [0.717, 1.165) is 17.5 Å². The van der Waals surface area contributed by atoms with Crippen LogP contribution in [0.1, 0.15) is 63.4 Å². The van der Waals surface area contributed by atoms with Crippen LogP contribution in [0, 0.1) is 5.41 Å². The van der Waals surface area contributed by atoms with Crippen molar-refractivity contribution < 1.29 is 22.8 Å². The number of rotatable bonds is 7. The van der Waals surface area contributed by atoms with Crippen molar-refractivity contribution in [3.63, 3.8) is 0 Å². The second-order valence-corrected chi connectivity index (χ2v) is 10.2. The highest BCUT2D eigenvalue weighted by Crippen LogP contribution is 2.30. The third-order valence-corrected chi connectivity index (χ3v) is 7.36. The topological polar surface area (TPSA) is 126 Å². The van der Waals surface area contributed by atoms with Gasteiger partial charge in [0, 0.05) is 41.3 Å². The molecule has 4 aromatic rings. The summed E-state index contributed by atoms with van der Waals surface area (Å²) in [6.45, 7) is 0.151. The van der Waals surface area contributed by atoms with E-state index in [2.05, 4.69) is 15.6 Å². The minimum Gasteiger partial charge on any atom is -0.384 e. The lowest BCUT2D eigenvalue weighted by atomic mass is 9.91. The van der Waals surface area contributed by atoms with Crippen molar-refractivity contribution in [2.75, 3.05) is 0 Å². The third-order valence-electron chi connectivity index (χ3n) is 7.36. The van der Waals surface area contributed by atoms with Gasteiger partial charge in [-0.05, 0) is 67.6 Å². The fourth-order valence-electron chi connectivity index (χ4n) is 5.16. The second-order valence-electron chi connectivity index (χ2n) is 10.2. The number of halogens is 3. The number of benzene rings is 2. The molecule has 1 aliphatic rings. The molecular formula is C30H29F3N6O2. The Labute approximate surface area is 234 Å². The van der Waals surface area contributed by atoms with Crippen molar-refractivity contribution >= 4 is 28.6 Å². The molecule has 1 saturated carbocycles. The zero-order chi connectivity index (χ0) is 29.1. The number of aromatic nitrogens is 2. The standard InChI is InChI=1S/C30H29F3N6O2/c31-30(32,33)21-8-4-18(5-9-21)17-39-25-16-20(27(34)35)7-6-19(25)15-26(39)29(41)38-23-12-10-22(11-13-23)37-28(40)24-3-1-2-14-36-24/h1-9,14-16,22-23H,10-13,17H2,(H3,34,35)(H,37,40)(H,38,41). The van der Waals surface area contributed by atoms with E-state index in [9.17, 15) is 22.8 Å². The van der Waals surface area contributed by atoms with E-state index in [1.807, 2.05) is 0 Å². The van der Waals surface area contributed by atoms with Gasteiger partial charge in [-0.3, -0.25) is 20.0 Å². The summed E-state index contributed by atoms with van der Waals surface area (Å²) in [6.07, 6.45) is -0.140. The number of pyridine rings is 1. The van der Waals surface area contributed by atoms with E-state index in [1.54, 1.807) is 53.2 Å². The Balaban J connectivity index is 1.32. The molecule has 2 aromatic heterocycles. The van der Waals surface area contributed by atoms with Gasteiger partial charge in [-0.1, -0.05) is 30.3 Å². The van der Waals surface area contributed by atoms with E-state index in [4.69, 9.17) is 11.1 Å². The van der Waals surface area contributed by atoms with Crippen molar-refractivity contribution in [2.45, 2.75) is 50.5 Å². The number of nitrogen functional groups attached to an aromatic ring is 1. The molecule has 41 heavy (non-hydrogen) atoms. The highest BCUT2D eigenvalue weighted by Gasteiger charge is 2.30. The molecule has 0 atom stereocenters. The fourth-order valence-corrected chi connectivity index (χ4v) is 5.16. The van der Waals surface area contributed by atoms with E-state index in [-0.39, 0.29) is 36.3 Å². The Morgan fingerprint density at radius 1 is 0.927 bits per heavy atom. The molecule has 5 rings (SSSR count). The van der Waals surface area contributed by atoms with Gasteiger partial charge in [0.05, 0.1) is 5.56 Å². The zero-order valence-corrected chi connectivity index (χ0v) is 22.0. The predicted molar refractivity (Wildman–Crippen MR) is 149 cm³/mol. The first-order chi connectivity index (χ1) is 19.6. The Bertz CT molecular complexity index is 1570. The molecule has 2 amide bonds. The summed E-state index contributed by atoms with van der Waals surface area (Å²) in [4.78, 5) is 30.0. The number of carbonyl (C=O) groups excluding carboxylic acids is 2. The summed E-state index contributed by atoms with van der Waals surface area (Å²) >= 11 is 0. The Hall–Kier alpha value is -4.67. The van der Waals surface area contributed by atoms with Crippen molar-refractivity contribution in [1.29, 1.82) is 5.41 Å². The lowest BCUT2D eigenvalue weighted by Crippen LogP contribution is -2.44. The molecular weight excluding hydrogens is 533 g/mol. The highest BCUT2D eigenvalue weighted by molar-refractivity contribution is 6.02. The molecule has 1 fully saturated rings. The second kappa shape index (κ2) is 11.4. The zero-order valence-electron chi connectivity index (χ0n) is 22.0. The van der Waals surface area contributed by atoms with Gasteiger partial charge in [-0.2, -0.15) is 13.2 Å². The number of nitrogens with one attached hydrogen (secondary N) is 3. The molecule has 0 radical (unpaired) electrons. The number of fused-ring (bicyclic) bond motifs is 1. The quantitative estimate of drug-likeness (QED) is 0.190. The van der Waals surface area contributed by atoms with Gasteiger partial charge in [-0.25, -0.2) is 0 Å². The number of amidine groups is 1. The molecule has 0 saturated heterocycles. The van der Waals surface area contributed by atoms with Crippen molar-refractivity contribution in [3.05, 3.63) is 101 Å². The van der Waals surface area contributed by atoms with E-state index < -0.39 is 11.7 Å². The predicted octanol–water partition coefficient (Wildman–Crippen LogP) is 4.86. The first-order valence-electron chi connectivity index (χ1n) is 13.2. The Morgan fingerprint density at radius 3 is 2.17 bits per heavy atom. The average molecular weight is 563 g/mol. The number of nitrogens with zero attached hydrogens (tertiary/aromatic N) is 2. The molecule has 0 unspecified atom stereocenters. The van der Waals surface area contributed by atoms with Gasteiger partial charge in [0.15, 0.2) is 0 Å². The molecule has 2 heterocycles. The normalized spacial score (nSPS) is 17.2. The number of carbonyl (C=O) groups is 2. The molecule has 8 nitrogen and oxygen atoms in total. The first-order valence-corrected chi connectivity index (χ1v) is 13.2. The molecule has 11 heteroatoms. The summed E-state index contributed by atoms with van der Waals surface area (Å²) < 4.78 is 40.9. The van der Waals surface area contributed by atoms with Crippen LogP contribution in [-0.2, 0) is 12.7 Å². The maximum atomic E-state index is 13.5. The van der Waals surface area contributed by atoms with Crippen LogP contribution in [0.25, 0.3) is 10.9 Å². The monoisotopic (exact) mass is 562 g/mol. The van der Waals surface area contributed by atoms with E-state index >= 15 is 0 Å². The molecule has 0 aliphatic heterocycles. The van der Waals surface area contributed by atoms with Crippen LogP contribution >= 0.6 is 0 Å². The van der Waals surface area contributed by atoms with E-state index in [1.165, 1.54) is 12.1 Å². The number of amides is 2. The summed E-state index contributed by atoms with van der Waals surface area (Å²) in [5.41, 5.74) is 7.35. The molecule has 1 aliphatic carbocycles. The van der Waals surface area contributed by atoms with Gasteiger partial charge in [0.2, 0.25) is 0 Å². The summed E-state index contributed by atoms with van der Waals surface area (Å²) in [5, 5.41) is 14.6. The number of hydrogen-bond acceptors (Lipinski definition) is 4. The average Bonchev–Trinajstić information content (AvgIpc) is 3.32. The molecule has 212 valence electrons. The first kappa shape index (κ1) is 27.9. The maximum Gasteiger partial charge on any atom is 0.416 e. The molecule has 5 N–H and O–H groups in total. The number of hydrogen-bond donors (Lipinski definition) is 4. The van der Waals surface area contributed by atoms with Crippen molar-refractivity contribution in [1.82, 2.24) is 20.2 Å². The number of alkyl halides is 3. The van der Waals surface area contributed by atoms with Crippen LogP contribution in [0.3, 0.4) is 0 Å².